The van der Waals surface area contributed by atoms with Crippen LogP contribution in [0.5, 0.6) is 0 Å². The molecule has 0 aliphatic carbocycles. The zero-order valence-corrected chi connectivity index (χ0v) is 10.3. The Balaban J connectivity index is 3.25. The first-order valence-electron chi connectivity index (χ1n) is 5.31. The van der Waals surface area contributed by atoms with E-state index in [1.54, 1.807) is 13.8 Å². The van der Waals surface area contributed by atoms with Crippen molar-refractivity contribution in [3.63, 3.8) is 0 Å². The van der Waals surface area contributed by atoms with E-state index in [-0.39, 0.29) is 23.6 Å². The van der Waals surface area contributed by atoms with Crippen molar-refractivity contribution in [3.8, 4) is 0 Å². The molecular formula is C12H15F2NO2. The van der Waals surface area contributed by atoms with E-state index >= 15 is 0 Å². The monoisotopic (exact) mass is 243 g/mol. The minimum atomic E-state index is -3.01. The smallest absolute Gasteiger partial charge is 0.340 e. The molecule has 0 aliphatic heterocycles. The van der Waals surface area contributed by atoms with Crippen LogP contribution in [0.15, 0.2) is 6.07 Å². The van der Waals surface area contributed by atoms with E-state index in [4.69, 9.17) is 4.74 Å². The highest BCUT2D eigenvalue weighted by Gasteiger charge is 2.28. The third-order valence-electron chi connectivity index (χ3n) is 2.33. The van der Waals surface area contributed by atoms with Gasteiger partial charge in [0, 0.05) is 6.92 Å². The molecule has 0 atom stereocenters. The molecule has 0 saturated carbocycles. The Morgan fingerprint density at radius 1 is 1.47 bits per heavy atom. The van der Waals surface area contributed by atoms with Gasteiger partial charge in [-0.05, 0) is 32.4 Å². The molecule has 0 N–H and O–H groups in total. The first-order chi connectivity index (χ1) is 7.77. The summed E-state index contributed by atoms with van der Waals surface area (Å²) >= 11 is 0. The second-order valence-electron chi connectivity index (χ2n) is 3.89. The summed E-state index contributed by atoms with van der Waals surface area (Å²) in [6.07, 6.45) is 0. The van der Waals surface area contributed by atoms with Crippen molar-refractivity contribution in [3.05, 3.63) is 28.6 Å². The van der Waals surface area contributed by atoms with Gasteiger partial charge in [0.25, 0.3) is 5.92 Å². The summed E-state index contributed by atoms with van der Waals surface area (Å²) < 4.78 is 31.1. The number of alkyl halides is 2. The molecule has 0 radical (unpaired) electrons. The van der Waals surface area contributed by atoms with Gasteiger partial charge in [0.15, 0.2) is 0 Å². The summed E-state index contributed by atoms with van der Waals surface area (Å²) in [6, 6.07) is 1.22. The standard InChI is InChI=1S/C12H15F2NO2/c1-5-17-11(16)10-7(2)6-9(12(4,13)14)15-8(10)3/h6H,5H2,1-4H3. The lowest BCUT2D eigenvalue weighted by Crippen LogP contribution is -2.16. The molecule has 0 aromatic carbocycles. The fourth-order valence-electron chi connectivity index (χ4n) is 1.57. The van der Waals surface area contributed by atoms with Crippen LogP contribution in [0.3, 0.4) is 0 Å². The van der Waals surface area contributed by atoms with Crippen molar-refractivity contribution in [1.29, 1.82) is 0 Å². The second kappa shape index (κ2) is 4.77. The Morgan fingerprint density at radius 2 is 2.06 bits per heavy atom. The first-order valence-corrected chi connectivity index (χ1v) is 5.31. The van der Waals surface area contributed by atoms with Crippen molar-refractivity contribution in [2.45, 2.75) is 33.6 Å². The Labute approximate surface area is 98.8 Å². The van der Waals surface area contributed by atoms with Crippen LogP contribution in [-0.4, -0.2) is 17.6 Å². The van der Waals surface area contributed by atoms with Crippen molar-refractivity contribution < 1.29 is 18.3 Å². The van der Waals surface area contributed by atoms with Crippen molar-refractivity contribution in [1.82, 2.24) is 4.98 Å². The zero-order chi connectivity index (χ0) is 13.2. The van der Waals surface area contributed by atoms with Gasteiger partial charge in [-0.1, -0.05) is 0 Å². The summed E-state index contributed by atoms with van der Waals surface area (Å²) in [6.45, 7) is 5.82. The van der Waals surface area contributed by atoms with E-state index in [0.717, 1.165) is 6.92 Å². The number of pyridine rings is 1. The number of aryl methyl sites for hydroxylation is 2. The van der Waals surface area contributed by atoms with Gasteiger partial charge in [-0.25, -0.2) is 4.79 Å². The van der Waals surface area contributed by atoms with Crippen LogP contribution in [0.1, 0.15) is 41.2 Å². The largest absolute Gasteiger partial charge is 0.462 e. The molecule has 1 heterocycles. The number of carbonyl (C=O) groups excluding carboxylic acids is 1. The fraction of sp³-hybridized carbons (Fsp3) is 0.500. The van der Waals surface area contributed by atoms with E-state index < -0.39 is 11.9 Å². The van der Waals surface area contributed by atoms with Gasteiger partial charge in [0.05, 0.1) is 17.9 Å². The number of hydrogen-bond acceptors (Lipinski definition) is 3. The highest BCUT2D eigenvalue weighted by atomic mass is 19.3. The molecular weight excluding hydrogens is 228 g/mol. The Kier molecular flexibility index (Phi) is 3.80. The highest BCUT2D eigenvalue weighted by molar-refractivity contribution is 5.92. The summed E-state index contributed by atoms with van der Waals surface area (Å²) in [4.78, 5) is 15.4. The van der Waals surface area contributed by atoms with Crippen molar-refractivity contribution in [2.75, 3.05) is 6.61 Å². The normalized spacial score (nSPS) is 11.4. The summed E-state index contributed by atoms with van der Waals surface area (Å²) in [5.41, 5.74) is 0.646. The summed E-state index contributed by atoms with van der Waals surface area (Å²) in [7, 11) is 0. The summed E-state index contributed by atoms with van der Waals surface area (Å²) in [5, 5.41) is 0. The number of hydrogen-bond donors (Lipinski definition) is 0. The molecule has 5 heteroatoms. The quantitative estimate of drug-likeness (QED) is 0.766. The Hall–Kier alpha value is -1.52. The lowest BCUT2D eigenvalue weighted by Gasteiger charge is -2.14. The number of halogens is 2. The van der Waals surface area contributed by atoms with Crippen LogP contribution in [0.2, 0.25) is 0 Å². The molecule has 0 aliphatic rings. The lowest BCUT2D eigenvalue weighted by molar-refractivity contribution is 0.0123. The topological polar surface area (TPSA) is 39.2 Å². The van der Waals surface area contributed by atoms with Gasteiger partial charge in [-0.2, -0.15) is 8.78 Å². The van der Waals surface area contributed by atoms with Gasteiger partial charge in [-0.3, -0.25) is 4.98 Å². The molecule has 1 aromatic rings. The van der Waals surface area contributed by atoms with Crippen molar-refractivity contribution in [2.24, 2.45) is 0 Å². The average Bonchev–Trinajstić information content (AvgIpc) is 2.15. The fourth-order valence-corrected chi connectivity index (χ4v) is 1.57. The maximum absolute atomic E-state index is 13.1. The molecule has 0 bridgehead atoms. The molecule has 1 rings (SSSR count). The SMILES string of the molecule is CCOC(=O)c1c(C)cc(C(C)(F)F)nc1C. The molecule has 17 heavy (non-hydrogen) atoms. The number of rotatable bonds is 3. The Bertz CT molecular complexity index is 416. The van der Waals surface area contributed by atoms with Crippen LogP contribution in [-0.2, 0) is 10.7 Å². The number of ether oxygens (including phenoxy) is 1. The van der Waals surface area contributed by atoms with Gasteiger partial charge < -0.3 is 4.74 Å². The van der Waals surface area contributed by atoms with Crippen molar-refractivity contribution >= 4 is 5.97 Å². The van der Waals surface area contributed by atoms with Gasteiger partial charge >= 0.3 is 5.97 Å². The molecule has 3 nitrogen and oxygen atoms in total. The molecule has 94 valence electrons. The summed E-state index contributed by atoms with van der Waals surface area (Å²) in [5.74, 6) is -3.54. The maximum Gasteiger partial charge on any atom is 0.340 e. The molecule has 0 fully saturated rings. The lowest BCUT2D eigenvalue weighted by atomic mass is 10.1. The third kappa shape index (κ3) is 2.99. The molecule has 0 unspecified atom stereocenters. The van der Waals surface area contributed by atoms with E-state index in [2.05, 4.69) is 4.98 Å². The number of aromatic nitrogens is 1. The zero-order valence-electron chi connectivity index (χ0n) is 10.3. The van der Waals surface area contributed by atoms with Gasteiger partial charge in [0.1, 0.15) is 5.69 Å². The second-order valence-corrected chi connectivity index (χ2v) is 3.89. The van der Waals surface area contributed by atoms with Gasteiger partial charge in [-0.15, -0.1) is 0 Å². The van der Waals surface area contributed by atoms with Crippen LogP contribution >= 0.6 is 0 Å². The number of carbonyl (C=O) groups is 1. The van der Waals surface area contributed by atoms with E-state index in [9.17, 15) is 13.6 Å². The minimum absolute atomic E-state index is 0.239. The maximum atomic E-state index is 13.1. The van der Waals surface area contributed by atoms with Gasteiger partial charge in [0.2, 0.25) is 0 Å². The first kappa shape index (κ1) is 13.5. The number of esters is 1. The number of nitrogens with zero attached hydrogens (tertiary/aromatic N) is 1. The molecule has 0 amide bonds. The molecule has 1 aromatic heterocycles. The van der Waals surface area contributed by atoms with Crippen LogP contribution in [0.25, 0.3) is 0 Å². The Morgan fingerprint density at radius 3 is 2.47 bits per heavy atom. The van der Waals surface area contributed by atoms with Crippen LogP contribution < -0.4 is 0 Å². The van der Waals surface area contributed by atoms with Crippen LogP contribution in [0, 0.1) is 13.8 Å². The highest BCUT2D eigenvalue weighted by Crippen LogP contribution is 2.27. The molecule has 0 spiro atoms. The minimum Gasteiger partial charge on any atom is -0.462 e. The average molecular weight is 243 g/mol. The van der Waals surface area contributed by atoms with E-state index in [0.29, 0.717) is 5.56 Å². The third-order valence-corrected chi connectivity index (χ3v) is 2.33. The van der Waals surface area contributed by atoms with E-state index in [1.807, 2.05) is 0 Å². The van der Waals surface area contributed by atoms with E-state index in [1.165, 1.54) is 13.0 Å². The predicted molar refractivity (Wildman–Crippen MR) is 59.2 cm³/mol. The van der Waals surface area contributed by atoms with Crippen LogP contribution in [0.4, 0.5) is 8.78 Å². The molecule has 0 saturated heterocycles. The predicted octanol–water partition coefficient (Wildman–Crippen LogP) is 2.99.